The zero-order valence-electron chi connectivity index (χ0n) is 13.1. The molecule has 0 aromatic heterocycles. The number of phenols is 1. The van der Waals surface area contributed by atoms with Crippen molar-refractivity contribution in [3.8, 4) is 5.75 Å². The summed E-state index contributed by atoms with van der Waals surface area (Å²) in [4.78, 5) is 12.1. The van der Waals surface area contributed by atoms with Gasteiger partial charge in [0.1, 0.15) is 5.75 Å². The van der Waals surface area contributed by atoms with Crippen LogP contribution in [-0.2, 0) is 11.2 Å². The number of fused-ring (bicyclic) bond motifs is 1. The third kappa shape index (κ3) is 4.47. The number of hydrogen-bond donors (Lipinski definition) is 3. The van der Waals surface area contributed by atoms with Crippen LogP contribution in [0.5, 0.6) is 5.75 Å². The van der Waals surface area contributed by atoms with E-state index in [-0.39, 0.29) is 23.2 Å². The molecule has 0 aliphatic heterocycles. The van der Waals surface area contributed by atoms with E-state index < -0.39 is 0 Å². The summed E-state index contributed by atoms with van der Waals surface area (Å²) < 4.78 is 0. The highest BCUT2D eigenvalue weighted by Gasteiger charge is 2.08. The van der Waals surface area contributed by atoms with Crippen LogP contribution in [0.3, 0.4) is 0 Å². The van der Waals surface area contributed by atoms with E-state index in [2.05, 4.69) is 10.6 Å². The predicted octanol–water partition coefficient (Wildman–Crippen LogP) is 4.25. The molecule has 0 aliphatic carbocycles. The van der Waals surface area contributed by atoms with E-state index in [0.29, 0.717) is 5.02 Å². The summed E-state index contributed by atoms with van der Waals surface area (Å²) in [5.41, 5.74) is 1.61. The zero-order valence-corrected chi connectivity index (χ0v) is 14.7. The lowest BCUT2D eigenvalue weighted by Gasteiger charge is -2.12. The molecule has 0 atom stereocenters. The van der Waals surface area contributed by atoms with Crippen molar-refractivity contribution in [3.05, 3.63) is 71.2 Å². The van der Waals surface area contributed by atoms with Crippen LogP contribution in [0.2, 0.25) is 5.02 Å². The maximum Gasteiger partial charge on any atom is 0.230 e. The van der Waals surface area contributed by atoms with Gasteiger partial charge >= 0.3 is 0 Å². The predicted molar refractivity (Wildman–Crippen MR) is 105 cm³/mol. The average Bonchev–Trinajstić information content (AvgIpc) is 2.56. The highest BCUT2D eigenvalue weighted by atomic mass is 35.5. The molecule has 25 heavy (non-hydrogen) atoms. The number of thiocarbonyl (C=S) groups is 1. The van der Waals surface area contributed by atoms with Crippen LogP contribution in [0.4, 0.5) is 5.69 Å². The van der Waals surface area contributed by atoms with Crippen molar-refractivity contribution < 1.29 is 9.90 Å². The van der Waals surface area contributed by atoms with Crippen LogP contribution in [0, 0.1) is 0 Å². The maximum atomic E-state index is 12.1. The van der Waals surface area contributed by atoms with Crippen LogP contribution < -0.4 is 10.6 Å². The van der Waals surface area contributed by atoms with Gasteiger partial charge in [-0.15, -0.1) is 0 Å². The van der Waals surface area contributed by atoms with Gasteiger partial charge < -0.3 is 15.7 Å². The number of carbonyl (C=O) groups is 1. The summed E-state index contributed by atoms with van der Waals surface area (Å²) >= 11 is 11.1. The molecule has 0 aliphatic rings. The highest BCUT2D eigenvalue weighted by Crippen LogP contribution is 2.26. The van der Waals surface area contributed by atoms with E-state index in [1.54, 1.807) is 42.5 Å². The minimum atomic E-state index is -0.210. The molecule has 3 rings (SSSR count). The Labute approximate surface area is 155 Å². The largest absolute Gasteiger partial charge is 0.508 e. The smallest absolute Gasteiger partial charge is 0.230 e. The fraction of sp³-hybridized carbons (Fsp3) is 0.0526. The molecule has 1 amide bonds. The van der Waals surface area contributed by atoms with Gasteiger partial charge in [-0.2, -0.15) is 0 Å². The van der Waals surface area contributed by atoms with Gasteiger partial charge in [0.2, 0.25) is 5.91 Å². The summed E-state index contributed by atoms with van der Waals surface area (Å²) in [5.74, 6) is -0.0128. The Balaban J connectivity index is 1.66. The quantitative estimate of drug-likeness (QED) is 0.603. The summed E-state index contributed by atoms with van der Waals surface area (Å²) in [6, 6.07) is 17.8. The first kappa shape index (κ1) is 17.2. The molecule has 0 spiro atoms. The van der Waals surface area contributed by atoms with E-state index in [1.165, 1.54) is 0 Å². The number of anilines is 1. The van der Waals surface area contributed by atoms with Crippen molar-refractivity contribution in [1.82, 2.24) is 5.32 Å². The number of nitrogens with one attached hydrogen (secondary N) is 2. The van der Waals surface area contributed by atoms with Crippen LogP contribution in [0.25, 0.3) is 10.8 Å². The molecule has 6 heteroatoms. The Kier molecular flexibility index (Phi) is 5.16. The van der Waals surface area contributed by atoms with Gasteiger partial charge in [0, 0.05) is 16.1 Å². The fourth-order valence-electron chi connectivity index (χ4n) is 2.49. The normalized spacial score (nSPS) is 10.4. The Morgan fingerprint density at radius 1 is 1.08 bits per heavy atom. The van der Waals surface area contributed by atoms with Gasteiger partial charge in [-0.3, -0.25) is 4.79 Å². The van der Waals surface area contributed by atoms with E-state index in [0.717, 1.165) is 22.0 Å². The molecule has 3 aromatic carbocycles. The Morgan fingerprint density at radius 2 is 1.84 bits per heavy atom. The van der Waals surface area contributed by atoms with Crippen molar-refractivity contribution in [2.24, 2.45) is 0 Å². The molecular weight excluding hydrogens is 356 g/mol. The Hall–Kier alpha value is -2.63. The molecule has 0 saturated carbocycles. The number of halogens is 1. The van der Waals surface area contributed by atoms with Gasteiger partial charge in [0.15, 0.2) is 5.11 Å². The number of aromatic hydroxyl groups is 1. The lowest BCUT2D eigenvalue weighted by Crippen LogP contribution is -2.35. The van der Waals surface area contributed by atoms with Crippen molar-refractivity contribution in [2.45, 2.75) is 6.42 Å². The zero-order chi connectivity index (χ0) is 17.8. The van der Waals surface area contributed by atoms with Crippen LogP contribution >= 0.6 is 23.8 Å². The van der Waals surface area contributed by atoms with Crippen LogP contribution in [0.15, 0.2) is 60.7 Å². The molecular formula is C19H15ClN2O2S. The van der Waals surface area contributed by atoms with Crippen molar-refractivity contribution in [2.75, 3.05) is 5.32 Å². The Morgan fingerprint density at radius 3 is 2.60 bits per heavy atom. The molecule has 3 N–H and O–H groups in total. The molecule has 0 radical (unpaired) electrons. The first-order valence-electron chi connectivity index (χ1n) is 7.58. The topological polar surface area (TPSA) is 61.4 Å². The molecule has 0 fully saturated rings. The van der Waals surface area contributed by atoms with Crippen molar-refractivity contribution in [1.29, 1.82) is 0 Å². The molecule has 3 aromatic rings. The number of rotatable bonds is 3. The molecule has 0 saturated heterocycles. The monoisotopic (exact) mass is 370 g/mol. The fourth-order valence-corrected chi connectivity index (χ4v) is 2.84. The first-order valence-corrected chi connectivity index (χ1v) is 8.37. The van der Waals surface area contributed by atoms with E-state index in [4.69, 9.17) is 23.8 Å². The summed E-state index contributed by atoms with van der Waals surface area (Å²) in [7, 11) is 0. The lowest BCUT2D eigenvalue weighted by molar-refractivity contribution is -0.119. The van der Waals surface area contributed by atoms with E-state index in [9.17, 15) is 9.90 Å². The number of carbonyl (C=O) groups excluding carboxylic acids is 1. The SMILES string of the molecule is O=C(Cc1ccc(Cl)cc1)NC(=S)Nc1cccc2cc(O)ccc12. The summed E-state index contributed by atoms with van der Waals surface area (Å²) in [5, 5.41) is 17.9. The highest BCUT2D eigenvalue weighted by molar-refractivity contribution is 7.80. The number of hydrogen-bond acceptors (Lipinski definition) is 3. The second-order valence-electron chi connectivity index (χ2n) is 5.52. The van der Waals surface area contributed by atoms with Gasteiger partial charge in [-0.1, -0.05) is 35.9 Å². The maximum absolute atomic E-state index is 12.1. The van der Waals surface area contributed by atoms with E-state index >= 15 is 0 Å². The van der Waals surface area contributed by atoms with Gasteiger partial charge in [0.25, 0.3) is 0 Å². The van der Waals surface area contributed by atoms with Crippen LogP contribution in [-0.4, -0.2) is 16.1 Å². The summed E-state index contributed by atoms with van der Waals surface area (Å²) in [6.45, 7) is 0. The third-order valence-corrected chi connectivity index (χ3v) is 4.10. The molecule has 0 bridgehead atoms. The number of phenolic OH excluding ortho intramolecular Hbond substituents is 1. The Bertz CT molecular complexity index is 942. The second kappa shape index (κ2) is 7.51. The van der Waals surface area contributed by atoms with Gasteiger partial charge in [-0.25, -0.2) is 0 Å². The molecule has 0 heterocycles. The molecule has 0 unspecified atom stereocenters. The van der Waals surface area contributed by atoms with Crippen molar-refractivity contribution in [3.63, 3.8) is 0 Å². The molecule has 126 valence electrons. The minimum Gasteiger partial charge on any atom is -0.508 e. The third-order valence-electron chi connectivity index (χ3n) is 3.64. The summed E-state index contributed by atoms with van der Waals surface area (Å²) in [6.07, 6.45) is 0.211. The average molecular weight is 371 g/mol. The lowest BCUT2D eigenvalue weighted by atomic mass is 10.1. The van der Waals surface area contributed by atoms with Crippen LogP contribution in [0.1, 0.15) is 5.56 Å². The molecule has 4 nitrogen and oxygen atoms in total. The van der Waals surface area contributed by atoms with Gasteiger partial charge in [-0.05, 0) is 59.6 Å². The standard InChI is InChI=1S/C19H15ClN2O2S/c20-14-6-4-12(5-7-14)10-18(24)22-19(25)21-17-3-1-2-13-11-15(23)8-9-16(13)17/h1-9,11,23H,10H2,(H2,21,22,24,25). The first-order chi connectivity index (χ1) is 12.0. The van der Waals surface area contributed by atoms with Crippen molar-refractivity contribution >= 4 is 51.3 Å². The number of benzene rings is 3. The number of amides is 1. The van der Waals surface area contributed by atoms with E-state index in [1.807, 2.05) is 18.2 Å². The van der Waals surface area contributed by atoms with Gasteiger partial charge in [0.05, 0.1) is 6.42 Å². The minimum absolute atomic E-state index is 0.198. The second-order valence-corrected chi connectivity index (χ2v) is 6.36.